The molecule has 2 amide bonds. The SMILES string of the molecule is CC(=O)N1CC2(CCN(C(=O)c3cccnc3)CC2)C[C@H](O)C1(C)C. The standard InChI is InChI=1S/C19H27N3O3/c1-14(23)22-13-19(11-16(24)18(22,2)3)6-9-21(10-7-19)17(25)15-5-4-8-20-12-15/h4-5,8,12,16,24H,6-7,9-11,13H2,1-3H3/t16-/m0/s1. The van der Waals surface area contributed by atoms with E-state index in [0.29, 0.717) is 31.6 Å². The fourth-order valence-electron chi connectivity index (χ4n) is 4.18. The summed E-state index contributed by atoms with van der Waals surface area (Å²) in [6.07, 6.45) is 4.98. The zero-order valence-electron chi connectivity index (χ0n) is 15.2. The second-order valence-corrected chi connectivity index (χ2v) is 8.01. The van der Waals surface area contributed by atoms with Gasteiger partial charge in [0.05, 0.1) is 17.2 Å². The maximum Gasteiger partial charge on any atom is 0.255 e. The van der Waals surface area contributed by atoms with Crippen molar-refractivity contribution in [1.29, 1.82) is 0 Å². The Morgan fingerprint density at radius 3 is 2.52 bits per heavy atom. The number of likely N-dealkylation sites (tertiary alicyclic amines) is 2. The maximum atomic E-state index is 12.6. The monoisotopic (exact) mass is 345 g/mol. The van der Waals surface area contributed by atoms with Crippen molar-refractivity contribution in [3.63, 3.8) is 0 Å². The number of piperidine rings is 2. The fourth-order valence-corrected chi connectivity index (χ4v) is 4.18. The van der Waals surface area contributed by atoms with E-state index >= 15 is 0 Å². The number of carbonyl (C=O) groups is 2. The Balaban J connectivity index is 1.71. The van der Waals surface area contributed by atoms with Crippen LogP contribution in [0.15, 0.2) is 24.5 Å². The third-order valence-electron chi connectivity index (χ3n) is 6.03. The molecule has 6 heteroatoms. The molecule has 2 saturated heterocycles. The van der Waals surface area contributed by atoms with Gasteiger partial charge in [0.1, 0.15) is 0 Å². The van der Waals surface area contributed by atoms with Crippen LogP contribution in [0.4, 0.5) is 0 Å². The molecule has 3 rings (SSSR count). The minimum atomic E-state index is -0.550. The van der Waals surface area contributed by atoms with Crippen molar-refractivity contribution in [2.45, 2.75) is 51.7 Å². The van der Waals surface area contributed by atoms with Gasteiger partial charge in [-0.3, -0.25) is 14.6 Å². The molecule has 0 bridgehead atoms. The Morgan fingerprint density at radius 1 is 1.28 bits per heavy atom. The van der Waals surface area contributed by atoms with Crippen LogP contribution in [0.3, 0.4) is 0 Å². The molecule has 1 atom stereocenters. The third kappa shape index (κ3) is 3.27. The molecule has 1 N–H and O–H groups in total. The van der Waals surface area contributed by atoms with E-state index in [0.717, 1.165) is 12.8 Å². The van der Waals surface area contributed by atoms with Crippen LogP contribution in [0, 0.1) is 5.41 Å². The molecule has 2 aliphatic rings. The number of aliphatic hydroxyl groups excluding tert-OH is 1. The highest BCUT2D eigenvalue weighted by molar-refractivity contribution is 5.93. The molecule has 0 saturated carbocycles. The lowest BCUT2D eigenvalue weighted by atomic mass is 9.67. The van der Waals surface area contributed by atoms with Crippen LogP contribution < -0.4 is 0 Å². The van der Waals surface area contributed by atoms with E-state index in [1.54, 1.807) is 36.4 Å². The lowest BCUT2D eigenvalue weighted by molar-refractivity contribution is -0.156. The van der Waals surface area contributed by atoms with Gasteiger partial charge in [0.25, 0.3) is 5.91 Å². The summed E-state index contributed by atoms with van der Waals surface area (Å²) in [6.45, 7) is 7.36. The molecule has 1 aromatic rings. The molecule has 3 heterocycles. The van der Waals surface area contributed by atoms with Crippen LogP contribution >= 0.6 is 0 Å². The quantitative estimate of drug-likeness (QED) is 0.841. The number of nitrogens with zero attached hydrogens (tertiary/aromatic N) is 3. The number of hydrogen-bond donors (Lipinski definition) is 1. The second-order valence-electron chi connectivity index (χ2n) is 8.01. The van der Waals surface area contributed by atoms with Crippen LogP contribution in [-0.2, 0) is 4.79 Å². The van der Waals surface area contributed by atoms with E-state index in [1.807, 2.05) is 18.7 Å². The Morgan fingerprint density at radius 2 is 1.96 bits per heavy atom. The lowest BCUT2D eigenvalue weighted by Gasteiger charge is -2.55. The van der Waals surface area contributed by atoms with Gasteiger partial charge >= 0.3 is 0 Å². The zero-order chi connectivity index (χ0) is 18.2. The maximum absolute atomic E-state index is 12.6. The predicted molar refractivity (Wildman–Crippen MR) is 93.9 cm³/mol. The van der Waals surface area contributed by atoms with Crippen molar-refractivity contribution < 1.29 is 14.7 Å². The highest BCUT2D eigenvalue weighted by Gasteiger charge is 2.50. The molecule has 2 fully saturated rings. The van der Waals surface area contributed by atoms with Gasteiger partial charge < -0.3 is 14.9 Å². The van der Waals surface area contributed by atoms with Gasteiger partial charge in [-0.2, -0.15) is 0 Å². The molecule has 0 radical (unpaired) electrons. The first-order valence-electron chi connectivity index (χ1n) is 8.91. The summed E-state index contributed by atoms with van der Waals surface area (Å²) in [5.41, 5.74) is -0.0415. The minimum absolute atomic E-state index is 0.00279. The van der Waals surface area contributed by atoms with E-state index in [1.165, 1.54) is 0 Å². The Kier molecular flexibility index (Phi) is 4.58. The van der Waals surface area contributed by atoms with Gasteiger partial charge in [-0.15, -0.1) is 0 Å². The first-order chi connectivity index (χ1) is 11.8. The molecular weight excluding hydrogens is 318 g/mol. The molecule has 2 aliphatic heterocycles. The molecule has 25 heavy (non-hydrogen) atoms. The average molecular weight is 345 g/mol. The number of pyridine rings is 1. The number of carbonyl (C=O) groups excluding carboxylic acids is 2. The number of hydrogen-bond acceptors (Lipinski definition) is 4. The summed E-state index contributed by atoms with van der Waals surface area (Å²) in [6, 6.07) is 3.55. The van der Waals surface area contributed by atoms with E-state index in [-0.39, 0.29) is 17.2 Å². The van der Waals surface area contributed by atoms with Crippen molar-refractivity contribution in [3.05, 3.63) is 30.1 Å². The highest BCUT2D eigenvalue weighted by Crippen LogP contribution is 2.45. The van der Waals surface area contributed by atoms with Crippen molar-refractivity contribution in [3.8, 4) is 0 Å². The first-order valence-corrected chi connectivity index (χ1v) is 8.91. The highest BCUT2D eigenvalue weighted by atomic mass is 16.3. The van der Waals surface area contributed by atoms with Crippen molar-refractivity contribution >= 4 is 11.8 Å². The Labute approximate surface area is 148 Å². The summed E-state index contributed by atoms with van der Waals surface area (Å²) in [5.74, 6) is 0.0000488. The van der Waals surface area contributed by atoms with Gasteiger partial charge in [-0.1, -0.05) is 0 Å². The van der Waals surface area contributed by atoms with E-state index in [9.17, 15) is 14.7 Å². The fraction of sp³-hybridized carbons (Fsp3) is 0.632. The summed E-state index contributed by atoms with van der Waals surface area (Å²) < 4.78 is 0. The van der Waals surface area contributed by atoms with E-state index in [2.05, 4.69) is 4.98 Å². The topological polar surface area (TPSA) is 73.7 Å². The van der Waals surface area contributed by atoms with Gasteiger partial charge in [0.15, 0.2) is 0 Å². The Hall–Kier alpha value is -1.95. The van der Waals surface area contributed by atoms with E-state index in [4.69, 9.17) is 0 Å². The number of rotatable bonds is 1. The first kappa shape index (κ1) is 17.9. The molecule has 0 unspecified atom stereocenters. The second kappa shape index (κ2) is 6.41. The Bertz CT molecular complexity index is 651. The number of aliphatic hydroxyl groups is 1. The van der Waals surface area contributed by atoms with Crippen LogP contribution in [0.2, 0.25) is 0 Å². The normalized spacial score (nSPS) is 25.0. The summed E-state index contributed by atoms with van der Waals surface area (Å²) >= 11 is 0. The van der Waals surface area contributed by atoms with Crippen molar-refractivity contribution in [1.82, 2.24) is 14.8 Å². The number of aromatic nitrogens is 1. The smallest absolute Gasteiger partial charge is 0.255 e. The van der Waals surface area contributed by atoms with Gasteiger partial charge in [-0.25, -0.2) is 0 Å². The minimum Gasteiger partial charge on any atom is -0.391 e. The molecule has 136 valence electrons. The molecule has 1 aromatic heterocycles. The predicted octanol–water partition coefficient (Wildman–Crippen LogP) is 1.70. The van der Waals surface area contributed by atoms with Crippen LogP contribution in [-0.4, -0.2) is 63.0 Å². The van der Waals surface area contributed by atoms with Crippen LogP contribution in [0.25, 0.3) is 0 Å². The molecule has 0 aromatic carbocycles. The van der Waals surface area contributed by atoms with Crippen molar-refractivity contribution in [2.24, 2.45) is 5.41 Å². The molecular formula is C19H27N3O3. The molecule has 1 spiro atoms. The zero-order valence-corrected chi connectivity index (χ0v) is 15.2. The lowest BCUT2D eigenvalue weighted by Crippen LogP contribution is -2.64. The molecule has 6 nitrogen and oxygen atoms in total. The van der Waals surface area contributed by atoms with Gasteiger partial charge in [0, 0.05) is 39.0 Å². The number of amides is 2. The molecule has 0 aliphatic carbocycles. The summed E-state index contributed by atoms with van der Waals surface area (Å²) in [4.78, 5) is 32.3. The average Bonchev–Trinajstić information content (AvgIpc) is 2.59. The summed E-state index contributed by atoms with van der Waals surface area (Å²) in [5, 5.41) is 10.6. The van der Waals surface area contributed by atoms with Crippen LogP contribution in [0.5, 0.6) is 0 Å². The summed E-state index contributed by atoms with van der Waals surface area (Å²) in [7, 11) is 0. The van der Waals surface area contributed by atoms with Crippen LogP contribution in [0.1, 0.15) is 50.4 Å². The van der Waals surface area contributed by atoms with Gasteiger partial charge in [-0.05, 0) is 50.7 Å². The third-order valence-corrected chi connectivity index (χ3v) is 6.03. The van der Waals surface area contributed by atoms with Gasteiger partial charge in [0.2, 0.25) is 5.91 Å². The van der Waals surface area contributed by atoms with Crippen molar-refractivity contribution in [2.75, 3.05) is 19.6 Å². The largest absolute Gasteiger partial charge is 0.391 e. The van der Waals surface area contributed by atoms with E-state index < -0.39 is 11.6 Å².